The molecule has 3 aromatic rings. The van der Waals surface area contributed by atoms with Crippen molar-refractivity contribution in [2.45, 2.75) is 13.8 Å². The molecule has 1 aromatic heterocycles. The van der Waals surface area contributed by atoms with Crippen LogP contribution in [0.3, 0.4) is 0 Å². The molecule has 0 bridgehead atoms. The molecule has 0 atom stereocenters. The molecule has 0 saturated heterocycles. The molecule has 2 aromatic carbocycles. The molecule has 0 aliphatic heterocycles. The summed E-state index contributed by atoms with van der Waals surface area (Å²) in [5.41, 5.74) is 7.08. The van der Waals surface area contributed by atoms with Gasteiger partial charge >= 0.3 is 6.09 Å². The number of amides is 1. The number of nitrogens with one attached hydrogen (secondary N) is 1. The van der Waals surface area contributed by atoms with Crippen molar-refractivity contribution in [3.05, 3.63) is 82.3 Å². The number of pyridine rings is 1. The number of methoxy groups -OCH3 is 1. The van der Waals surface area contributed by atoms with Gasteiger partial charge in [0.1, 0.15) is 0 Å². The highest BCUT2D eigenvalue weighted by Gasteiger charge is 2.20. The number of carbonyl (C=O) groups excluding carboxylic acids is 1. The van der Waals surface area contributed by atoms with Crippen molar-refractivity contribution in [1.82, 2.24) is 4.68 Å². The SMILES string of the molecule is COC(=O)Nn1c(C)c(-c2ccccc2)c(-c2ccccc2)c(C)c1=O. The highest BCUT2D eigenvalue weighted by Crippen LogP contribution is 2.35. The first-order valence-corrected chi connectivity index (χ1v) is 8.26. The number of ether oxygens (including phenoxy) is 1. The molecule has 0 saturated carbocycles. The Morgan fingerprint density at radius 2 is 1.38 bits per heavy atom. The van der Waals surface area contributed by atoms with E-state index in [1.54, 1.807) is 6.92 Å². The Morgan fingerprint density at radius 3 is 1.88 bits per heavy atom. The second-order valence-electron chi connectivity index (χ2n) is 5.94. The first-order valence-electron chi connectivity index (χ1n) is 8.26. The predicted molar refractivity (Wildman–Crippen MR) is 103 cm³/mol. The molecule has 0 aliphatic rings. The Labute approximate surface area is 151 Å². The van der Waals surface area contributed by atoms with Gasteiger partial charge in [0.05, 0.1) is 7.11 Å². The third-order valence-electron chi connectivity index (χ3n) is 4.36. The molecular weight excluding hydrogens is 328 g/mol. The van der Waals surface area contributed by atoms with E-state index in [2.05, 4.69) is 10.2 Å². The summed E-state index contributed by atoms with van der Waals surface area (Å²) < 4.78 is 5.90. The minimum absolute atomic E-state index is 0.286. The second kappa shape index (κ2) is 7.27. The van der Waals surface area contributed by atoms with Gasteiger partial charge in [0.15, 0.2) is 0 Å². The van der Waals surface area contributed by atoms with Crippen LogP contribution in [0.25, 0.3) is 22.3 Å². The smallest absolute Gasteiger partial charge is 0.426 e. The van der Waals surface area contributed by atoms with Gasteiger partial charge in [-0.25, -0.2) is 14.9 Å². The predicted octanol–water partition coefficient (Wildman–Crippen LogP) is 4.11. The number of nitrogens with zero attached hydrogens (tertiary/aromatic N) is 1. The van der Waals surface area contributed by atoms with Gasteiger partial charge in [-0.2, -0.15) is 0 Å². The molecule has 0 unspecified atom stereocenters. The van der Waals surface area contributed by atoms with Gasteiger partial charge < -0.3 is 4.74 Å². The lowest BCUT2D eigenvalue weighted by molar-refractivity contribution is 0.183. The van der Waals surface area contributed by atoms with Crippen molar-refractivity contribution in [1.29, 1.82) is 0 Å². The summed E-state index contributed by atoms with van der Waals surface area (Å²) in [4.78, 5) is 24.6. The zero-order chi connectivity index (χ0) is 18.7. The standard InChI is InChI=1S/C21H20N2O3/c1-14-18(16-10-6-4-7-11-16)19(17-12-8-5-9-13-17)15(2)23(20(14)24)22-21(25)26-3/h4-13H,1-3H3,(H,22,25). The van der Waals surface area contributed by atoms with E-state index in [0.717, 1.165) is 22.3 Å². The minimum Gasteiger partial charge on any atom is -0.452 e. The van der Waals surface area contributed by atoms with Gasteiger partial charge in [0.25, 0.3) is 5.56 Å². The van der Waals surface area contributed by atoms with Crippen molar-refractivity contribution in [2.24, 2.45) is 0 Å². The summed E-state index contributed by atoms with van der Waals surface area (Å²) in [5.74, 6) is 0. The van der Waals surface area contributed by atoms with Gasteiger partial charge in [-0.1, -0.05) is 60.7 Å². The van der Waals surface area contributed by atoms with E-state index in [1.807, 2.05) is 67.6 Å². The van der Waals surface area contributed by atoms with E-state index >= 15 is 0 Å². The zero-order valence-corrected chi connectivity index (χ0v) is 14.9. The summed E-state index contributed by atoms with van der Waals surface area (Å²) >= 11 is 0. The zero-order valence-electron chi connectivity index (χ0n) is 14.9. The number of hydrogen-bond acceptors (Lipinski definition) is 3. The Hall–Kier alpha value is -3.34. The molecule has 0 aliphatic carbocycles. The van der Waals surface area contributed by atoms with E-state index < -0.39 is 6.09 Å². The average Bonchev–Trinajstić information content (AvgIpc) is 2.69. The fourth-order valence-electron chi connectivity index (χ4n) is 3.10. The molecule has 5 nitrogen and oxygen atoms in total. The quantitative estimate of drug-likeness (QED) is 0.775. The fourth-order valence-corrected chi connectivity index (χ4v) is 3.10. The normalized spacial score (nSPS) is 10.4. The van der Waals surface area contributed by atoms with Gasteiger partial charge in [0, 0.05) is 16.8 Å². The van der Waals surface area contributed by atoms with Crippen LogP contribution >= 0.6 is 0 Å². The van der Waals surface area contributed by atoms with E-state index in [-0.39, 0.29) is 5.56 Å². The maximum atomic E-state index is 12.9. The van der Waals surface area contributed by atoms with Gasteiger partial charge in [-0.3, -0.25) is 4.79 Å². The monoisotopic (exact) mass is 348 g/mol. The van der Waals surface area contributed by atoms with Crippen LogP contribution in [0, 0.1) is 13.8 Å². The van der Waals surface area contributed by atoms with Gasteiger partial charge in [0.2, 0.25) is 0 Å². The van der Waals surface area contributed by atoms with Crippen LogP contribution in [-0.2, 0) is 4.74 Å². The fraction of sp³-hybridized carbons (Fsp3) is 0.143. The number of rotatable bonds is 3. The largest absolute Gasteiger partial charge is 0.452 e. The molecule has 0 spiro atoms. The molecular formula is C21H20N2O3. The van der Waals surface area contributed by atoms with E-state index in [0.29, 0.717) is 11.3 Å². The summed E-state index contributed by atoms with van der Waals surface area (Å²) in [6.07, 6.45) is -0.693. The molecule has 132 valence electrons. The maximum Gasteiger partial charge on any atom is 0.426 e. The topological polar surface area (TPSA) is 60.3 Å². The third kappa shape index (κ3) is 3.11. The molecule has 1 heterocycles. The molecule has 1 amide bonds. The molecule has 0 radical (unpaired) electrons. The van der Waals surface area contributed by atoms with Crippen LogP contribution in [0.4, 0.5) is 4.79 Å². The van der Waals surface area contributed by atoms with Crippen molar-refractivity contribution in [3.63, 3.8) is 0 Å². The first kappa shape index (κ1) is 17.5. The maximum absolute atomic E-state index is 12.9. The number of hydrogen-bond donors (Lipinski definition) is 1. The third-order valence-corrected chi connectivity index (χ3v) is 4.36. The Bertz CT molecular complexity index is 993. The highest BCUT2D eigenvalue weighted by molar-refractivity contribution is 5.87. The number of aromatic nitrogens is 1. The highest BCUT2D eigenvalue weighted by atomic mass is 16.5. The Kier molecular flexibility index (Phi) is 4.89. The molecule has 1 N–H and O–H groups in total. The van der Waals surface area contributed by atoms with Crippen LogP contribution in [0.1, 0.15) is 11.3 Å². The lowest BCUT2D eigenvalue weighted by Gasteiger charge is -2.21. The summed E-state index contributed by atoms with van der Waals surface area (Å²) in [7, 11) is 1.26. The first-order chi connectivity index (χ1) is 12.5. The van der Waals surface area contributed by atoms with Crippen LogP contribution in [0.15, 0.2) is 65.5 Å². The number of benzene rings is 2. The summed E-state index contributed by atoms with van der Waals surface area (Å²) in [6.45, 7) is 3.58. The van der Waals surface area contributed by atoms with Crippen LogP contribution in [0.2, 0.25) is 0 Å². The number of carbonyl (C=O) groups is 1. The van der Waals surface area contributed by atoms with Crippen LogP contribution < -0.4 is 11.0 Å². The lowest BCUT2D eigenvalue weighted by Crippen LogP contribution is -2.36. The molecule has 0 fully saturated rings. The van der Waals surface area contributed by atoms with Crippen molar-refractivity contribution in [2.75, 3.05) is 12.5 Å². The van der Waals surface area contributed by atoms with E-state index in [1.165, 1.54) is 11.8 Å². The van der Waals surface area contributed by atoms with Crippen molar-refractivity contribution >= 4 is 6.09 Å². The lowest BCUT2D eigenvalue weighted by atomic mass is 9.90. The average molecular weight is 348 g/mol. The van der Waals surface area contributed by atoms with Gasteiger partial charge in [-0.05, 0) is 30.5 Å². The van der Waals surface area contributed by atoms with E-state index in [4.69, 9.17) is 0 Å². The summed E-state index contributed by atoms with van der Waals surface area (Å²) in [5, 5.41) is 0. The molecule has 3 rings (SSSR count). The molecule has 5 heteroatoms. The Morgan fingerprint density at radius 1 is 0.885 bits per heavy atom. The van der Waals surface area contributed by atoms with E-state index in [9.17, 15) is 9.59 Å². The minimum atomic E-state index is -0.693. The second-order valence-corrected chi connectivity index (χ2v) is 5.94. The molecule has 26 heavy (non-hydrogen) atoms. The van der Waals surface area contributed by atoms with Crippen LogP contribution in [-0.4, -0.2) is 17.9 Å². The van der Waals surface area contributed by atoms with Crippen molar-refractivity contribution in [3.8, 4) is 22.3 Å². The Balaban J connectivity index is 2.38. The van der Waals surface area contributed by atoms with Crippen LogP contribution in [0.5, 0.6) is 0 Å². The van der Waals surface area contributed by atoms with Crippen molar-refractivity contribution < 1.29 is 9.53 Å². The summed E-state index contributed by atoms with van der Waals surface area (Å²) in [6, 6.07) is 19.6. The van der Waals surface area contributed by atoms with Gasteiger partial charge in [-0.15, -0.1) is 0 Å².